The second kappa shape index (κ2) is 8.25. The van der Waals surface area contributed by atoms with Crippen molar-refractivity contribution in [1.29, 1.82) is 0 Å². The Morgan fingerprint density at radius 3 is 2.81 bits per heavy atom. The van der Waals surface area contributed by atoms with Crippen LogP contribution in [0.1, 0.15) is 44.6 Å². The summed E-state index contributed by atoms with van der Waals surface area (Å²) < 4.78 is 11.9. The summed E-state index contributed by atoms with van der Waals surface area (Å²) in [7, 11) is 1.91. The second-order valence-electron chi connectivity index (χ2n) is 5.57. The van der Waals surface area contributed by atoms with Crippen LogP contribution in [0.4, 0.5) is 0 Å². The van der Waals surface area contributed by atoms with Crippen molar-refractivity contribution in [3.63, 3.8) is 0 Å². The maximum Gasteiger partial charge on any atom is 0.166 e. The highest BCUT2D eigenvalue weighted by molar-refractivity contribution is 5.46. The lowest BCUT2D eigenvalue weighted by molar-refractivity contribution is 0.0296. The second-order valence-corrected chi connectivity index (χ2v) is 5.57. The largest absolute Gasteiger partial charge is 0.490 e. The molecule has 0 radical (unpaired) electrons. The highest BCUT2D eigenvalue weighted by atomic mass is 16.5. The van der Waals surface area contributed by atoms with E-state index in [-0.39, 0.29) is 12.2 Å². The Hall–Kier alpha value is -1.26. The van der Waals surface area contributed by atoms with Gasteiger partial charge in [-0.1, -0.05) is 25.0 Å². The van der Waals surface area contributed by atoms with Crippen molar-refractivity contribution < 1.29 is 14.6 Å². The molecule has 1 aliphatic rings. The molecule has 0 aliphatic heterocycles. The van der Waals surface area contributed by atoms with E-state index in [2.05, 4.69) is 5.32 Å². The van der Waals surface area contributed by atoms with Crippen LogP contribution in [0.3, 0.4) is 0 Å². The Kier molecular flexibility index (Phi) is 6.33. The average Bonchev–Trinajstić information content (AvgIpc) is 2.68. The summed E-state index contributed by atoms with van der Waals surface area (Å²) in [6.45, 7) is 3.29. The van der Waals surface area contributed by atoms with Crippen molar-refractivity contribution in [1.82, 2.24) is 5.32 Å². The van der Waals surface area contributed by atoms with Crippen LogP contribution in [-0.2, 0) is 6.54 Å². The molecule has 4 nitrogen and oxygen atoms in total. The van der Waals surface area contributed by atoms with Crippen LogP contribution in [-0.4, -0.2) is 31.0 Å². The van der Waals surface area contributed by atoms with Gasteiger partial charge in [0.25, 0.3) is 0 Å². The number of ether oxygens (including phenoxy) is 2. The molecule has 0 bridgehead atoms. The van der Waals surface area contributed by atoms with E-state index in [1.54, 1.807) is 0 Å². The highest BCUT2D eigenvalue weighted by Gasteiger charge is 2.25. The average molecular weight is 293 g/mol. The van der Waals surface area contributed by atoms with Crippen LogP contribution in [0.15, 0.2) is 18.2 Å². The summed E-state index contributed by atoms with van der Waals surface area (Å²) in [5, 5.41) is 13.4. The Balaban J connectivity index is 2.22. The minimum absolute atomic E-state index is 0.135. The number of rotatable bonds is 6. The molecule has 2 rings (SSSR count). The van der Waals surface area contributed by atoms with Crippen molar-refractivity contribution in [2.75, 3.05) is 13.7 Å². The van der Waals surface area contributed by atoms with Gasteiger partial charge in [0, 0.05) is 12.1 Å². The van der Waals surface area contributed by atoms with Crippen LogP contribution in [0, 0.1) is 0 Å². The van der Waals surface area contributed by atoms with Crippen LogP contribution >= 0.6 is 0 Å². The quantitative estimate of drug-likeness (QED) is 0.792. The maximum atomic E-state index is 10.3. The summed E-state index contributed by atoms with van der Waals surface area (Å²) in [6, 6.07) is 5.95. The lowest BCUT2D eigenvalue weighted by Gasteiger charge is -2.25. The number of aliphatic hydroxyl groups excluding tert-OH is 1. The lowest BCUT2D eigenvalue weighted by atomic mass is 10.1. The molecule has 1 aromatic rings. The van der Waals surface area contributed by atoms with Gasteiger partial charge in [0.1, 0.15) is 6.10 Å². The molecule has 0 amide bonds. The van der Waals surface area contributed by atoms with E-state index in [1.807, 2.05) is 32.2 Å². The van der Waals surface area contributed by atoms with Gasteiger partial charge < -0.3 is 19.9 Å². The van der Waals surface area contributed by atoms with E-state index in [0.29, 0.717) is 6.61 Å². The summed E-state index contributed by atoms with van der Waals surface area (Å²) in [5.74, 6) is 1.54. The fraction of sp³-hybridized carbons (Fsp3) is 0.647. The fourth-order valence-electron chi connectivity index (χ4n) is 2.84. The van der Waals surface area contributed by atoms with E-state index in [4.69, 9.17) is 9.47 Å². The Morgan fingerprint density at radius 2 is 2.05 bits per heavy atom. The summed E-state index contributed by atoms with van der Waals surface area (Å²) in [6.07, 6.45) is 4.57. The molecule has 0 saturated heterocycles. The van der Waals surface area contributed by atoms with Crippen LogP contribution in [0.2, 0.25) is 0 Å². The summed E-state index contributed by atoms with van der Waals surface area (Å²) in [4.78, 5) is 0. The number of para-hydroxylation sites is 1. The molecule has 2 N–H and O–H groups in total. The minimum Gasteiger partial charge on any atom is -0.490 e. The van der Waals surface area contributed by atoms with Crippen molar-refractivity contribution in [2.45, 2.75) is 57.8 Å². The van der Waals surface area contributed by atoms with Gasteiger partial charge in [-0.15, -0.1) is 0 Å². The molecule has 21 heavy (non-hydrogen) atoms. The van der Waals surface area contributed by atoms with E-state index in [9.17, 15) is 5.11 Å². The van der Waals surface area contributed by atoms with Crippen molar-refractivity contribution in [2.24, 2.45) is 0 Å². The standard InChI is InChI=1S/C17H27NO3/c1-3-20-16-11-7-8-13(12-18-2)17(16)21-15-10-6-4-5-9-14(15)19/h7-8,11,14-15,18-19H,3-6,9-10,12H2,1-2H3. The predicted molar refractivity (Wildman–Crippen MR) is 83.9 cm³/mol. The van der Waals surface area contributed by atoms with E-state index < -0.39 is 0 Å². The first kappa shape index (κ1) is 16.1. The van der Waals surface area contributed by atoms with Crippen molar-refractivity contribution in [3.05, 3.63) is 23.8 Å². The van der Waals surface area contributed by atoms with Gasteiger partial charge in [-0.2, -0.15) is 0 Å². The highest BCUT2D eigenvalue weighted by Crippen LogP contribution is 2.34. The number of nitrogens with one attached hydrogen (secondary N) is 1. The van der Waals surface area contributed by atoms with Gasteiger partial charge in [0.15, 0.2) is 11.5 Å². The molecule has 4 heteroatoms. The zero-order valence-electron chi connectivity index (χ0n) is 13.1. The zero-order chi connectivity index (χ0) is 15.1. The molecule has 1 aliphatic carbocycles. The molecular weight excluding hydrogens is 266 g/mol. The number of hydrogen-bond acceptors (Lipinski definition) is 4. The monoisotopic (exact) mass is 293 g/mol. The molecule has 0 spiro atoms. The molecule has 1 saturated carbocycles. The number of benzene rings is 1. The normalized spacial score (nSPS) is 22.6. The van der Waals surface area contributed by atoms with Gasteiger partial charge >= 0.3 is 0 Å². The van der Waals surface area contributed by atoms with Crippen LogP contribution in [0.5, 0.6) is 11.5 Å². The van der Waals surface area contributed by atoms with Gasteiger partial charge in [0.05, 0.1) is 12.7 Å². The lowest BCUT2D eigenvalue weighted by Crippen LogP contribution is -2.31. The first-order valence-corrected chi connectivity index (χ1v) is 8.00. The Labute approximate surface area is 127 Å². The van der Waals surface area contributed by atoms with E-state index in [0.717, 1.165) is 49.3 Å². The molecule has 2 atom stereocenters. The zero-order valence-corrected chi connectivity index (χ0v) is 13.1. The number of aliphatic hydroxyl groups is 1. The van der Waals surface area contributed by atoms with Gasteiger partial charge in [-0.25, -0.2) is 0 Å². The predicted octanol–water partition coefficient (Wildman–Crippen LogP) is 2.88. The SMILES string of the molecule is CCOc1cccc(CNC)c1OC1CCCCCC1O. The third-order valence-corrected chi connectivity index (χ3v) is 3.91. The van der Waals surface area contributed by atoms with Gasteiger partial charge in [-0.3, -0.25) is 0 Å². The van der Waals surface area contributed by atoms with Crippen LogP contribution < -0.4 is 14.8 Å². The molecule has 0 heterocycles. The summed E-state index contributed by atoms with van der Waals surface area (Å²) >= 11 is 0. The number of hydrogen-bond donors (Lipinski definition) is 2. The van der Waals surface area contributed by atoms with E-state index in [1.165, 1.54) is 6.42 Å². The summed E-state index contributed by atoms with van der Waals surface area (Å²) in [5.41, 5.74) is 1.07. The Morgan fingerprint density at radius 1 is 1.24 bits per heavy atom. The third kappa shape index (κ3) is 4.35. The molecule has 2 unspecified atom stereocenters. The topological polar surface area (TPSA) is 50.7 Å². The van der Waals surface area contributed by atoms with Crippen molar-refractivity contribution in [3.8, 4) is 11.5 Å². The molecular formula is C17H27NO3. The maximum absolute atomic E-state index is 10.3. The molecule has 1 aromatic carbocycles. The van der Waals surface area contributed by atoms with E-state index >= 15 is 0 Å². The molecule has 0 aromatic heterocycles. The smallest absolute Gasteiger partial charge is 0.166 e. The first-order valence-electron chi connectivity index (χ1n) is 8.00. The first-order chi connectivity index (χ1) is 10.3. The van der Waals surface area contributed by atoms with Gasteiger partial charge in [-0.05, 0) is 39.3 Å². The van der Waals surface area contributed by atoms with Gasteiger partial charge in [0.2, 0.25) is 0 Å². The minimum atomic E-state index is -0.385. The molecule has 118 valence electrons. The third-order valence-electron chi connectivity index (χ3n) is 3.91. The fourth-order valence-corrected chi connectivity index (χ4v) is 2.84. The van der Waals surface area contributed by atoms with Crippen LogP contribution in [0.25, 0.3) is 0 Å². The van der Waals surface area contributed by atoms with Crippen molar-refractivity contribution >= 4 is 0 Å². The molecule has 1 fully saturated rings. The Bertz CT molecular complexity index is 412.